The van der Waals surface area contributed by atoms with Crippen molar-refractivity contribution in [2.75, 3.05) is 6.61 Å². The third kappa shape index (κ3) is 2.39. The van der Waals surface area contributed by atoms with Crippen LogP contribution in [-0.4, -0.2) is 21.7 Å². The Kier molecular flexibility index (Phi) is 3.56. The lowest BCUT2D eigenvalue weighted by atomic mass is 9.97. The highest BCUT2D eigenvalue weighted by Crippen LogP contribution is 2.33. The number of imidazole rings is 1. The highest BCUT2D eigenvalue weighted by Gasteiger charge is 2.20. The Morgan fingerprint density at radius 3 is 2.84 bits per heavy atom. The van der Waals surface area contributed by atoms with E-state index < -0.39 is 0 Å². The van der Waals surface area contributed by atoms with Gasteiger partial charge in [-0.25, -0.2) is 4.98 Å². The topological polar surface area (TPSA) is 48.9 Å². The lowest BCUT2D eigenvalue weighted by molar-refractivity contribution is 0.262. The van der Waals surface area contributed by atoms with Crippen molar-refractivity contribution in [1.82, 2.24) is 9.97 Å². The third-order valence-corrected chi connectivity index (χ3v) is 4.45. The first kappa shape index (κ1) is 12.7. The minimum atomic E-state index is 0.214. The van der Waals surface area contributed by atoms with E-state index in [1.807, 2.05) is 0 Å². The average Bonchev–Trinajstić information content (AvgIpc) is 3.08. The Morgan fingerprint density at radius 1 is 1.37 bits per heavy atom. The average molecular weight is 258 g/mol. The van der Waals surface area contributed by atoms with E-state index in [0.29, 0.717) is 5.92 Å². The summed E-state index contributed by atoms with van der Waals surface area (Å²) in [6.07, 6.45) is 6.15. The molecular formula is C16H22N2O. The minimum Gasteiger partial charge on any atom is -0.396 e. The molecule has 0 amide bonds. The van der Waals surface area contributed by atoms with Gasteiger partial charge in [0, 0.05) is 18.4 Å². The normalized spacial score (nSPS) is 18.2. The van der Waals surface area contributed by atoms with Crippen LogP contribution < -0.4 is 0 Å². The van der Waals surface area contributed by atoms with Crippen molar-refractivity contribution in [3.8, 4) is 0 Å². The molecule has 1 fully saturated rings. The lowest BCUT2D eigenvalue weighted by Gasteiger charge is -2.11. The molecule has 1 aliphatic rings. The van der Waals surface area contributed by atoms with Crippen LogP contribution in [-0.2, 0) is 0 Å². The van der Waals surface area contributed by atoms with Crippen molar-refractivity contribution in [3.05, 3.63) is 29.6 Å². The molecule has 0 saturated heterocycles. The van der Waals surface area contributed by atoms with Crippen LogP contribution in [0.2, 0.25) is 0 Å². The molecule has 3 heteroatoms. The summed E-state index contributed by atoms with van der Waals surface area (Å²) in [4.78, 5) is 8.22. The van der Waals surface area contributed by atoms with E-state index in [2.05, 4.69) is 30.1 Å². The molecule has 1 saturated carbocycles. The van der Waals surface area contributed by atoms with Crippen LogP contribution in [0, 0.1) is 0 Å². The van der Waals surface area contributed by atoms with Crippen molar-refractivity contribution < 1.29 is 5.11 Å². The Labute approximate surface area is 114 Å². The zero-order valence-corrected chi connectivity index (χ0v) is 11.5. The molecule has 0 radical (unpaired) electrons. The summed E-state index contributed by atoms with van der Waals surface area (Å²) >= 11 is 0. The molecule has 1 aromatic carbocycles. The first-order valence-corrected chi connectivity index (χ1v) is 7.42. The van der Waals surface area contributed by atoms with Gasteiger partial charge in [0.15, 0.2) is 0 Å². The number of hydrogen-bond donors (Lipinski definition) is 2. The van der Waals surface area contributed by atoms with Crippen molar-refractivity contribution in [3.63, 3.8) is 0 Å². The maximum atomic E-state index is 9.40. The van der Waals surface area contributed by atoms with Crippen LogP contribution in [0.4, 0.5) is 0 Å². The van der Waals surface area contributed by atoms with Gasteiger partial charge in [-0.1, -0.05) is 25.8 Å². The Balaban J connectivity index is 1.94. The number of H-pyrrole nitrogens is 1. The van der Waals surface area contributed by atoms with E-state index in [-0.39, 0.29) is 12.5 Å². The fraction of sp³-hybridized carbons (Fsp3) is 0.562. The summed E-state index contributed by atoms with van der Waals surface area (Å²) in [5, 5.41) is 9.40. The van der Waals surface area contributed by atoms with Gasteiger partial charge >= 0.3 is 0 Å². The number of benzene rings is 1. The van der Waals surface area contributed by atoms with Crippen molar-refractivity contribution in [2.24, 2.45) is 0 Å². The van der Waals surface area contributed by atoms with Crippen molar-refractivity contribution in [1.29, 1.82) is 0 Å². The van der Waals surface area contributed by atoms with Gasteiger partial charge in [-0.15, -0.1) is 0 Å². The number of rotatable bonds is 4. The molecule has 1 atom stereocenters. The molecule has 1 aromatic heterocycles. The lowest BCUT2D eigenvalue weighted by Crippen LogP contribution is -2.02. The van der Waals surface area contributed by atoms with E-state index in [1.165, 1.54) is 31.2 Å². The summed E-state index contributed by atoms with van der Waals surface area (Å²) in [7, 11) is 0. The second-order valence-electron chi connectivity index (χ2n) is 5.67. The van der Waals surface area contributed by atoms with Crippen LogP contribution >= 0.6 is 0 Å². The minimum absolute atomic E-state index is 0.214. The quantitative estimate of drug-likeness (QED) is 0.878. The SMILES string of the molecule is CCC(CO)c1ccc2nc(C3CCCC3)[nH]c2c1. The number of aliphatic hydroxyl groups is 1. The van der Waals surface area contributed by atoms with E-state index in [9.17, 15) is 5.11 Å². The highest BCUT2D eigenvalue weighted by atomic mass is 16.3. The van der Waals surface area contributed by atoms with Crippen LogP contribution in [0.1, 0.15) is 62.3 Å². The predicted molar refractivity (Wildman–Crippen MR) is 77.4 cm³/mol. The molecule has 19 heavy (non-hydrogen) atoms. The maximum absolute atomic E-state index is 9.40. The molecule has 2 N–H and O–H groups in total. The number of nitrogens with one attached hydrogen (secondary N) is 1. The van der Waals surface area contributed by atoms with E-state index >= 15 is 0 Å². The van der Waals surface area contributed by atoms with Gasteiger partial charge < -0.3 is 10.1 Å². The highest BCUT2D eigenvalue weighted by molar-refractivity contribution is 5.76. The number of aromatic nitrogens is 2. The van der Waals surface area contributed by atoms with Crippen molar-refractivity contribution >= 4 is 11.0 Å². The molecule has 1 heterocycles. The zero-order chi connectivity index (χ0) is 13.2. The maximum Gasteiger partial charge on any atom is 0.110 e. The van der Waals surface area contributed by atoms with Gasteiger partial charge in [-0.2, -0.15) is 0 Å². The van der Waals surface area contributed by atoms with Crippen molar-refractivity contribution in [2.45, 2.75) is 50.9 Å². The molecule has 0 aliphatic heterocycles. The van der Waals surface area contributed by atoms with Gasteiger partial charge in [-0.05, 0) is 37.0 Å². The molecule has 3 rings (SSSR count). The van der Waals surface area contributed by atoms with Gasteiger partial charge in [0.2, 0.25) is 0 Å². The first-order valence-electron chi connectivity index (χ1n) is 7.42. The largest absolute Gasteiger partial charge is 0.396 e. The Morgan fingerprint density at radius 2 is 2.16 bits per heavy atom. The number of aromatic amines is 1. The van der Waals surface area contributed by atoms with E-state index in [4.69, 9.17) is 4.98 Å². The molecular weight excluding hydrogens is 236 g/mol. The standard InChI is InChI=1S/C16H22N2O/c1-2-11(10-19)13-7-8-14-15(9-13)18-16(17-14)12-5-3-4-6-12/h7-9,11-12,19H,2-6,10H2,1H3,(H,17,18). The Hall–Kier alpha value is -1.35. The second-order valence-corrected chi connectivity index (χ2v) is 5.67. The molecule has 0 spiro atoms. The molecule has 3 nitrogen and oxygen atoms in total. The third-order valence-electron chi connectivity index (χ3n) is 4.45. The summed E-state index contributed by atoms with van der Waals surface area (Å²) in [6.45, 7) is 2.33. The molecule has 102 valence electrons. The van der Waals surface area contributed by atoms with Gasteiger partial charge in [-0.3, -0.25) is 0 Å². The van der Waals surface area contributed by atoms with E-state index in [1.54, 1.807) is 0 Å². The molecule has 0 bridgehead atoms. The number of aliphatic hydroxyl groups excluding tert-OH is 1. The van der Waals surface area contributed by atoms with Gasteiger partial charge in [0.05, 0.1) is 11.0 Å². The molecule has 2 aromatic rings. The summed E-state index contributed by atoms with van der Waals surface area (Å²) < 4.78 is 0. The van der Waals surface area contributed by atoms with Crippen LogP contribution in [0.3, 0.4) is 0 Å². The van der Waals surface area contributed by atoms with Crippen LogP contribution in [0.15, 0.2) is 18.2 Å². The second kappa shape index (κ2) is 5.33. The number of hydrogen-bond acceptors (Lipinski definition) is 2. The summed E-state index contributed by atoms with van der Waals surface area (Å²) in [5.74, 6) is 2.01. The first-order chi connectivity index (χ1) is 9.31. The zero-order valence-electron chi connectivity index (χ0n) is 11.5. The fourth-order valence-corrected chi connectivity index (χ4v) is 3.16. The number of fused-ring (bicyclic) bond motifs is 1. The predicted octanol–water partition coefficient (Wildman–Crippen LogP) is 3.71. The summed E-state index contributed by atoms with van der Waals surface area (Å²) in [6, 6.07) is 6.34. The fourth-order valence-electron chi connectivity index (χ4n) is 3.16. The molecule has 1 unspecified atom stereocenters. The summed E-state index contributed by atoms with van der Waals surface area (Å²) in [5.41, 5.74) is 3.38. The molecule has 1 aliphatic carbocycles. The van der Waals surface area contributed by atoms with Crippen LogP contribution in [0.25, 0.3) is 11.0 Å². The number of nitrogens with zero attached hydrogens (tertiary/aromatic N) is 1. The Bertz CT molecular complexity index is 551. The monoisotopic (exact) mass is 258 g/mol. The van der Waals surface area contributed by atoms with E-state index in [0.717, 1.165) is 23.3 Å². The van der Waals surface area contributed by atoms with Gasteiger partial charge in [0.25, 0.3) is 0 Å². The smallest absolute Gasteiger partial charge is 0.110 e. The van der Waals surface area contributed by atoms with Crippen LogP contribution in [0.5, 0.6) is 0 Å². The van der Waals surface area contributed by atoms with Gasteiger partial charge in [0.1, 0.15) is 5.82 Å².